The number of hydrogen-bond acceptors (Lipinski definition) is 3. The smallest absolute Gasteiger partial charge is 0.0964 e. The van der Waals surface area contributed by atoms with Gasteiger partial charge in [0.25, 0.3) is 0 Å². The van der Waals surface area contributed by atoms with Crippen LogP contribution in [0.3, 0.4) is 0 Å². The van der Waals surface area contributed by atoms with E-state index in [4.69, 9.17) is 9.72 Å². The van der Waals surface area contributed by atoms with E-state index < -0.39 is 0 Å². The normalized spacial score (nSPS) is 25.0. The van der Waals surface area contributed by atoms with Crippen molar-refractivity contribution in [3.05, 3.63) is 48.5 Å². The van der Waals surface area contributed by atoms with Gasteiger partial charge < -0.3 is 9.30 Å². The molecule has 2 aromatic heterocycles. The standard InChI is InChI=1S/C20H22N4O/c1-13-16(11-23(2)22-13)20-19(14-6-4-3-5-7-14)21-12-24(20)17-10-15-8-9-18(17)25-15/h3-7,11-12,15,17-18H,8-10H2,1-2H3/t15-,17+,18+/m0/s1. The highest BCUT2D eigenvalue weighted by molar-refractivity contribution is 5.79. The number of aryl methyl sites for hydroxylation is 2. The van der Waals surface area contributed by atoms with Gasteiger partial charge in [-0.05, 0) is 26.2 Å². The topological polar surface area (TPSA) is 44.9 Å². The third-order valence-electron chi connectivity index (χ3n) is 5.54. The van der Waals surface area contributed by atoms with E-state index in [1.807, 2.05) is 24.1 Å². The molecule has 2 saturated heterocycles. The minimum atomic E-state index is 0.318. The molecule has 25 heavy (non-hydrogen) atoms. The van der Waals surface area contributed by atoms with Crippen LogP contribution in [-0.4, -0.2) is 31.5 Å². The van der Waals surface area contributed by atoms with Crippen molar-refractivity contribution < 1.29 is 4.74 Å². The van der Waals surface area contributed by atoms with E-state index in [2.05, 4.69) is 47.1 Å². The lowest BCUT2D eigenvalue weighted by atomic mass is 9.94. The van der Waals surface area contributed by atoms with Gasteiger partial charge in [0.05, 0.1) is 41.7 Å². The van der Waals surface area contributed by atoms with Crippen molar-refractivity contribution in [2.24, 2.45) is 7.05 Å². The van der Waals surface area contributed by atoms with Gasteiger partial charge in [0, 0.05) is 24.4 Å². The van der Waals surface area contributed by atoms with E-state index >= 15 is 0 Å². The summed E-state index contributed by atoms with van der Waals surface area (Å²) in [5.41, 5.74) is 5.52. The van der Waals surface area contributed by atoms with Gasteiger partial charge in [-0.1, -0.05) is 30.3 Å². The lowest BCUT2D eigenvalue weighted by Crippen LogP contribution is -2.21. The molecule has 0 unspecified atom stereocenters. The number of nitrogens with zero attached hydrogens (tertiary/aromatic N) is 4. The zero-order valence-corrected chi connectivity index (χ0v) is 14.6. The van der Waals surface area contributed by atoms with Crippen LogP contribution in [0, 0.1) is 6.92 Å². The first kappa shape index (κ1) is 14.9. The van der Waals surface area contributed by atoms with Crippen molar-refractivity contribution in [1.82, 2.24) is 19.3 Å². The number of imidazole rings is 1. The van der Waals surface area contributed by atoms with Crippen molar-refractivity contribution in [2.75, 3.05) is 0 Å². The maximum Gasteiger partial charge on any atom is 0.0964 e. The molecule has 3 aromatic rings. The molecule has 2 aliphatic heterocycles. The average Bonchev–Trinajstić information content (AvgIpc) is 3.38. The second-order valence-electron chi connectivity index (χ2n) is 7.19. The van der Waals surface area contributed by atoms with E-state index in [0.29, 0.717) is 18.2 Å². The lowest BCUT2D eigenvalue weighted by molar-refractivity contribution is 0.0940. The zero-order chi connectivity index (χ0) is 17.0. The predicted octanol–water partition coefficient (Wildman–Crippen LogP) is 3.75. The Morgan fingerprint density at radius 2 is 2.00 bits per heavy atom. The summed E-state index contributed by atoms with van der Waals surface area (Å²) >= 11 is 0. The summed E-state index contributed by atoms with van der Waals surface area (Å²) in [5, 5.41) is 4.56. The van der Waals surface area contributed by atoms with Crippen molar-refractivity contribution in [3.8, 4) is 22.5 Å². The highest BCUT2D eigenvalue weighted by Gasteiger charge is 2.42. The Kier molecular flexibility index (Phi) is 3.31. The molecule has 0 amide bonds. The van der Waals surface area contributed by atoms with Gasteiger partial charge >= 0.3 is 0 Å². The molecule has 1 aromatic carbocycles. The summed E-state index contributed by atoms with van der Waals surface area (Å²) in [5.74, 6) is 0. The Morgan fingerprint density at radius 3 is 2.64 bits per heavy atom. The molecule has 5 rings (SSSR count). The van der Waals surface area contributed by atoms with E-state index in [1.54, 1.807) is 0 Å². The van der Waals surface area contributed by atoms with Gasteiger partial charge in [0.1, 0.15) is 0 Å². The van der Waals surface area contributed by atoms with Gasteiger partial charge in [-0.3, -0.25) is 4.68 Å². The quantitative estimate of drug-likeness (QED) is 0.733. The summed E-state index contributed by atoms with van der Waals surface area (Å²) in [6.07, 6.45) is 8.27. The summed E-state index contributed by atoms with van der Waals surface area (Å²) in [6.45, 7) is 2.07. The molecule has 5 heteroatoms. The molecule has 2 bridgehead atoms. The molecule has 4 heterocycles. The van der Waals surface area contributed by atoms with E-state index in [0.717, 1.165) is 41.1 Å². The van der Waals surface area contributed by atoms with Gasteiger partial charge in [-0.25, -0.2) is 4.98 Å². The second kappa shape index (κ2) is 5.56. The molecule has 0 radical (unpaired) electrons. The number of hydrogen-bond donors (Lipinski definition) is 0. The molecule has 0 spiro atoms. The van der Waals surface area contributed by atoms with Gasteiger partial charge in [-0.2, -0.15) is 5.10 Å². The van der Waals surface area contributed by atoms with Crippen LogP contribution in [0.1, 0.15) is 31.0 Å². The first-order valence-corrected chi connectivity index (χ1v) is 8.99. The summed E-state index contributed by atoms with van der Waals surface area (Å²) in [7, 11) is 1.97. The molecule has 0 N–H and O–H groups in total. The SMILES string of the molecule is Cc1nn(C)cc1-c1c(-c2ccccc2)ncn1[C@@H]1C[C@@H]2CC[C@H]1O2. The van der Waals surface area contributed by atoms with Crippen LogP contribution in [0.15, 0.2) is 42.9 Å². The molecule has 2 aliphatic rings. The minimum Gasteiger partial charge on any atom is -0.373 e. The van der Waals surface area contributed by atoms with Crippen LogP contribution in [0.5, 0.6) is 0 Å². The molecule has 3 atom stereocenters. The second-order valence-corrected chi connectivity index (χ2v) is 7.19. The van der Waals surface area contributed by atoms with Crippen molar-refractivity contribution >= 4 is 0 Å². The van der Waals surface area contributed by atoms with Crippen LogP contribution in [0.25, 0.3) is 22.5 Å². The first-order chi connectivity index (χ1) is 12.2. The van der Waals surface area contributed by atoms with E-state index in [-0.39, 0.29) is 0 Å². The fourth-order valence-corrected chi connectivity index (χ4v) is 4.42. The molecule has 128 valence electrons. The zero-order valence-electron chi connectivity index (χ0n) is 14.6. The number of rotatable bonds is 3. The van der Waals surface area contributed by atoms with Gasteiger partial charge in [-0.15, -0.1) is 0 Å². The molecule has 0 saturated carbocycles. The van der Waals surface area contributed by atoms with Crippen LogP contribution in [0.4, 0.5) is 0 Å². The first-order valence-electron chi connectivity index (χ1n) is 8.99. The molecule has 2 fully saturated rings. The number of benzene rings is 1. The maximum atomic E-state index is 6.11. The third kappa shape index (κ3) is 2.34. The third-order valence-corrected chi connectivity index (χ3v) is 5.54. The highest BCUT2D eigenvalue weighted by Crippen LogP contribution is 2.45. The lowest BCUT2D eigenvalue weighted by Gasteiger charge is -2.22. The largest absolute Gasteiger partial charge is 0.373 e. The fraction of sp³-hybridized carbons (Fsp3) is 0.400. The van der Waals surface area contributed by atoms with Crippen LogP contribution < -0.4 is 0 Å². The maximum absolute atomic E-state index is 6.11. The number of ether oxygens (including phenoxy) is 1. The van der Waals surface area contributed by atoms with Crippen LogP contribution >= 0.6 is 0 Å². The fourth-order valence-electron chi connectivity index (χ4n) is 4.42. The summed E-state index contributed by atoms with van der Waals surface area (Å²) in [4.78, 5) is 4.81. The Hall–Kier alpha value is -2.40. The van der Waals surface area contributed by atoms with Crippen LogP contribution in [-0.2, 0) is 11.8 Å². The van der Waals surface area contributed by atoms with Crippen molar-refractivity contribution in [1.29, 1.82) is 0 Å². The van der Waals surface area contributed by atoms with E-state index in [1.165, 1.54) is 6.42 Å². The molecule has 5 nitrogen and oxygen atoms in total. The number of aromatic nitrogens is 4. The number of fused-ring (bicyclic) bond motifs is 2. The summed E-state index contributed by atoms with van der Waals surface area (Å²) < 4.78 is 10.3. The van der Waals surface area contributed by atoms with Gasteiger partial charge in [0.2, 0.25) is 0 Å². The summed E-state index contributed by atoms with van der Waals surface area (Å²) in [6, 6.07) is 10.8. The Balaban J connectivity index is 1.69. The predicted molar refractivity (Wildman–Crippen MR) is 96.2 cm³/mol. The Labute approximate surface area is 147 Å². The molecular weight excluding hydrogens is 312 g/mol. The van der Waals surface area contributed by atoms with Crippen LogP contribution in [0.2, 0.25) is 0 Å². The Morgan fingerprint density at radius 1 is 1.16 bits per heavy atom. The Bertz CT molecular complexity index is 911. The average molecular weight is 334 g/mol. The minimum absolute atomic E-state index is 0.318. The van der Waals surface area contributed by atoms with Crippen molar-refractivity contribution in [3.63, 3.8) is 0 Å². The molecule has 0 aliphatic carbocycles. The van der Waals surface area contributed by atoms with Gasteiger partial charge in [0.15, 0.2) is 0 Å². The highest BCUT2D eigenvalue weighted by atomic mass is 16.5. The monoisotopic (exact) mass is 334 g/mol. The van der Waals surface area contributed by atoms with Crippen molar-refractivity contribution in [2.45, 2.75) is 44.4 Å². The molecular formula is C20H22N4O. The van der Waals surface area contributed by atoms with E-state index in [9.17, 15) is 0 Å².